The van der Waals surface area contributed by atoms with Crippen LogP contribution in [0.1, 0.15) is 13.3 Å². The van der Waals surface area contributed by atoms with Gasteiger partial charge in [-0.25, -0.2) is 0 Å². The van der Waals surface area contributed by atoms with E-state index >= 15 is 0 Å². The van der Waals surface area contributed by atoms with Crippen LogP contribution in [0.2, 0.25) is 0 Å². The Labute approximate surface area is 154 Å². The van der Waals surface area contributed by atoms with Gasteiger partial charge in [0.25, 0.3) is 0 Å². The van der Waals surface area contributed by atoms with Gasteiger partial charge in [0.05, 0.1) is 13.1 Å². The van der Waals surface area contributed by atoms with Crippen LogP contribution in [-0.4, -0.2) is 52.6 Å². The Kier molecular flexibility index (Phi) is 6.79. The second kappa shape index (κ2) is 9.51. The molecule has 1 unspecified atom stereocenters. The summed E-state index contributed by atoms with van der Waals surface area (Å²) in [5.74, 6) is 2.94. The number of rotatable bonds is 7. The first kappa shape index (κ1) is 17.9. The van der Waals surface area contributed by atoms with Gasteiger partial charge in [0.1, 0.15) is 0 Å². The van der Waals surface area contributed by atoms with Crippen molar-refractivity contribution in [3.63, 3.8) is 0 Å². The molecule has 3 rings (SSSR count). The number of aliphatic imine (C=N–C) groups is 1. The molecular formula is C19H27N5S. The summed E-state index contributed by atoms with van der Waals surface area (Å²) >= 11 is 1.96. The van der Waals surface area contributed by atoms with Gasteiger partial charge in [0.15, 0.2) is 5.96 Å². The SMILES string of the molecule is CCNC(=NCCn1cccn1)N1CCC(CSc2ccccc2)C1. The first-order valence-corrected chi connectivity index (χ1v) is 10.0. The highest BCUT2D eigenvalue weighted by Gasteiger charge is 2.24. The largest absolute Gasteiger partial charge is 0.357 e. The van der Waals surface area contributed by atoms with Crippen LogP contribution in [-0.2, 0) is 6.54 Å². The number of nitrogens with one attached hydrogen (secondary N) is 1. The molecular weight excluding hydrogens is 330 g/mol. The van der Waals surface area contributed by atoms with Crippen LogP contribution >= 0.6 is 11.8 Å². The second-order valence-corrected chi connectivity index (χ2v) is 7.32. The van der Waals surface area contributed by atoms with Gasteiger partial charge in [-0.2, -0.15) is 5.10 Å². The van der Waals surface area contributed by atoms with Crippen molar-refractivity contribution in [1.29, 1.82) is 0 Å². The van der Waals surface area contributed by atoms with Crippen LogP contribution in [0.15, 0.2) is 58.7 Å². The number of guanidine groups is 1. The molecule has 2 aromatic rings. The number of thioether (sulfide) groups is 1. The number of hydrogen-bond donors (Lipinski definition) is 1. The Morgan fingerprint density at radius 3 is 2.96 bits per heavy atom. The average molecular weight is 358 g/mol. The molecule has 1 atom stereocenters. The predicted molar refractivity (Wildman–Crippen MR) is 105 cm³/mol. The minimum Gasteiger partial charge on any atom is -0.357 e. The number of hydrogen-bond acceptors (Lipinski definition) is 3. The van der Waals surface area contributed by atoms with Crippen molar-refractivity contribution >= 4 is 17.7 Å². The van der Waals surface area contributed by atoms with Crippen molar-refractivity contribution in [2.75, 3.05) is 31.9 Å². The Morgan fingerprint density at radius 1 is 1.32 bits per heavy atom. The molecule has 0 amide bonds. The summed E-state index contributed by atoms with van der Waals surface area (Å²) in [6.45, 7) is 6.79. The number of aromatic nitrogens is 2. The minimum absolute atomic E-state index is 0.722. The summed E-state index contributed by atoms with van der Waals surface area (Å²) in [6.07, 6.45) is 5.03. The number of benzene rings is 1. The first-order valence-electron chi connectivity index (χ1n) is 9.03. The molecule has 1 N–H and O–H groups in total. The molecule has 1 aromatic heterocycles. The highest BCUT2D eigenvalue weighted by Crippen LogP contribution is 2.25. The Balaban J connectivity index is 1.48. The lowest BCUT2D eigenvalue weighted by atomic mass is 10.2. The molecule has 25 heavy (non-hydrogen) atoms. The van der Waals surface area contributed by atoms with Gasteiger partial charge < -0.3 is 10.2 Å². The first-order chi connectivity index (χ1) is 12.3. The van der Waals surface area contributed by atoms with Crippen LogP contribution < -0.4 is 5.32 Å². The number of nitrogens with zero attached hydrogens (tertiary/aromatic N) is 4. The highest BCUT2D eigenvalue weighted by molar-refractivity contribution is 7.99. The smallest absolute Gasteiger partial charge is 0.193 e. The lowest BCUT2D eigenvalue weighted by Gasteiger charge is -2.21. The van der Waals surface area contributed by atoms with E-state index in [1.54, 1.807) is 0 Å². The fourth-order valence-electron chi connectivity index (χ4n) is 3.01. The molecule has 6 heteroatoms. The molecule has 1 saturated heterocycles. The van der Waals surface area contributed by atoms with Crippen molar-refractivity contribution in [3.05, 3.63) is 48.8 Å². The van der Waals surface area contributed by atoms with E-state index in [9.17, 15) is 0 Å². The van der Waals surface area contributed by atoms with E-state index in [1.165, 1.54) is 17.1 Å². The van der Waals surface area contributed by atoms with Crippen molar-refractivity contribution in [3.8, 4) is 0 Å². The zero-order chi connectivity index (χ0) is 17.3. The van der Waals surface area contributed by atoms with E-state index < -0.39 is 0 Å². The van der Waals surface area contributed by atoms with E-state index in [2.05, 4.69) is 52.6 Å². The molecule has 134 valence electrons. The fraction of sp³-hybridized carbons (Fsp3) is 0.474. The van der Waals surface area contributed by atoms with Crippen molar-refractivity contribution in [1.82, 2.24) is 20.0 Å². The lowest BCUT2D eigenvalue weighted by molar-refractivity contribution is 0.472. The zero-order valence-electron chi connectivity index (χ0n) is 14.8. The summed E-state index contributed by atoms with van der Waals surface area (Å²) in [7, 11) is 0. The van der Waals surface area contributed by atoms with Crippen molar-refractivity contribution in [2.24, 2.45) is 10.9 Å². The van der Waals surface area contributed by atoms with Crippen molar-refractivity contribution in [2.45, 2.75) is 24.8 Å². The van der Waals surface area contributed by atoms with E-state index in [0.717, 1.165) is 44.6 Å². The number of likely N-dealkylation sites (tertiary alicyclic amines) is 1. The Morgan fingerprint density at radius 2 is 2.20 bits per heavy atom. The van der Waals surface area contributed by atoms with Crippen LogP contribution in [0.25, 0.3) is 0 Å². The summed E-state index contributed by atoms with van der Waals surface area (Å²) in [4.78, 5) is 8.55. The standard InChI is InChI=1S/C19H27N5S/c1-2-20-19(21-11-14-24-12-6-10-22-24)23-13-9-17(15-23)16-25-18-7-4-3-5-8-18/h3-8,10,12,17H,2,9,11,13-16H2,1H3,(H,20,21). The summed E-state index contributed by atoms with van der Waals surface area (Å²) in [6, 6.07) is 12.6. The second-order valence-electron chi connectivity index (χ2n) is 6.23. The fourth-order valence-corrected chi connectivity index (χ4v) is 4.06. The third-order valence-corrected chi connectivity index (χ3v) is 5.54. The molecule has 1 aliphatic rings. The molecule has 1 aromatic carbocycles. The summed E-state index contributed by atoms with van der Waals surface area (Å²) < 4.78 is 1.93. The Hall–Kier alpha value is -1.95. The maximum absolute atomic E-state index is 4.79. The van der Waals surface area contributed by atoms with Gasteiger partial charge in [0.2, 0.25) is 0 Å². The topological polar surface area (TPSA) is 45.5 Å². The Bertz CT molecular complexity index is 641. The summed E-state index contributed by atoms with van der Waals surface area (Å²) in [5, 5.41) is 7.67. The van der Waals surface area contributed by atoms with Gasteiger partial charge in [-0.1, -0.05) is 18.2 Å². The molecule has 5 nitrogen and oxygen atoms in total. The van der Waals surface area contributed by atoms with E-state index in [0.29, 0.717) is 0 Å². The minimum atomic E-state index is 0.722. The van der Waals surface area contributed by atoms with E-state index in [4.69, 9.17) is 4.99 Å². The summed E-state index contributed by atoms with van der Waals surface area (Å²) in [5.41, 5.74) is 0. The van der Waals surface area contributed by atoms with Crippen molar-refractivity contribution < 1.29 is 0 Å². The maximum Gasteiger partial charge on any atom is 0.193 e. The van der Waals surface area contributed by atoms with Crippen LogP contribution in [0.3, 0.4) is 0 Å². The van der Waals surface area contributed by atoms with Crippen LogP contribution in [0, 0.1) is 5.92 Å². The van der Waals surface area contributed by atoms with Gasteiger partial charge >= 0.3 is 0 Å². The van der Waals surface area contributed by atoms with Crippen LogP contribution in [0.4, 0.5) is 0 Å². The van der Waals surface area contributed by atoms with E-state index in [-0.39, 0.29) is 0 Å². The zero-order valence-corrected chi connectivity index (χ0v) is 15.7. The maximum atomic E-state index is 4.79. The average Bonchev–Trinajstić information content (AvgIpc) is 3.32. The molecule has 0 spiro atoms. The highest BCUT2D eigenvalue weighted by atomic mass is 32.2. The monoisotopic (exact) mass is 357 g/mol. The lowest BCUT2D eigenvalue weighted by Crippen LogP contribution is -2.40. The van der Waals surface area contributed by atoms with Crippen LogP contribution in [0.5, 0.6) is 0 Å². The van der Waals surface area contributed by atoms with Gasteiger partial charge in [-0.05, 0) is 37.5 Å². The molecule has 0 aliphatic carbocycles. The molecule has 0 saturated carbocycles. The molecule has 1 fully saturated rings. The quantitative estimate of drug-likeness (QED) is 0.470. The van der Waals surface area contributed by atoms with Gasteiger partial charge in [-0.15, -0.1) is 11.8 Å². The molecule has 1 aliphatic heterocycles. The van der Waals surface area contributed by atoms with Gasteiger partial charge in [0, 0.05) is 42.7 Å². The third kappa shape index (κ3) is 5.53. The molecule has 2 heterocycles. The van der Waals surface area contributed by atoms with E-state index in [1.807, 2.05) is 34.9 Å². The molecule has 0 radical (unpaired) electrons. The predicted octanol–water partition coefficient (Wildman–Crippen LogP) is 2.96. The normalized spacial score (nSPS) is 17.9. The molecule has 0 bridgehead atoms. The third-order valence-electron chi connectivity index (χ3n) is 4.30. The van der Waals surface area contributed by atoms with Gasteiger partial charge in [-0.3, -0.25) is 9.67 Å².